The molecule has 0 amide bonds. The first-order valence-corrected chi connectivity index (χ1v) is 5.70. The molecular formula is C13H13N5. The Kier molecular flexibility index (Phi) is 2.57. The van der Waals surface area contributed by atoms with E-state index in [1.165, 1.54) is 0 Å². The SMILES string of the molecule is Nc1ccc(NCc2ncc[nH]2)c2cccnc12. The van der Waals surface area contributed by atoms with Gasteiger partial charge in [0.1, 0.15) is 5.82 Å². The van der Waals surface area contributed by atoms with Crippen LogP contribution in [0.25, 0.3) is 10.9 Å². The van der Waals surface area contributed by atoms with Crippen LogP contribution in [0.1, 0.15) is 5.82 Å². The Morgan fingerprint density at radius 1 is 1.17 bits per heavy atom. The van der Waals surface area contributed by atoms with Gasteiger partial charge < -0.3 is 16.0 Å². The molecule has 5 heteroatoms. The number of rotatable bonds is 3. The molecule has 0 unspecified atom stereocenters. The molecule has 4 N–H and O–H groups in total. The van der Waals surface area contributed by atoms with Gasteiger partial charge in [-0.3, -0.25) is 4.98 Å². The van der Waals surface area contributed by atoms with Gasteiger partial charge in [-0.15, -0.1) is 0 Å². The van der Waals surface area contributed by atoms with Crippen LogP contribution in [-0.2, 0) is 6.54 Å². The topological polar surface area (TPSA) is 79.6 Å². The highest BCUT2D eigenvalue weighted by atomic mass is 15.0. The van der Waals surface area contributed by atoms with E-state index in [0.29, 0.717) is 12.2 Å². The van der Waals surface area contributed by atoms with Crippen molar-refractivity contribution in [2.45, 2.75) is 6.54 Å². The van der Waals surface area contributed by atoms with E-state index in [2.05, 4.69) is 20.3 Å². The van der Waals surface area contributed by atoms with Crippen LogP contribution in [0, 0.1) is 0 Å². The first kappa shape index (κ1) is 10.6. The maximum atomic E-state index is 5.91. The molecule has 0 saturated carbocycles. The number of imidazole rings is 1. The van der Waals surface area contributed by atoms with Crippen LogP contribution < -0.4 is 11.1 Å². The number of hydrogen-bond acceptors (Lipinski definition) is 4. The summed E-state index contributed by atoms with van der Waals surface area (Å²) in [5.74, 6) is 0.892. The molecule has 18 heavy (non-hydrogen) atoms. The van der Waals surface area contributed by atoms with Gasteiger partial charge in [-0.2, -0.15) is 0 Å². The van der Waals surface area contributed by atoms with Crippen molar-refractivity contribution < 1.29 is 0 Å². The van der Waals surface area contributed by atoms with E-state index in [0.717, 1.165) is 22.4 Å². The number of nitrogen functional groups attached to an aromatic ring is 1. The number of anilines is 2. The van der Waals surface area contributed by atoms with Crippen LogP contribution in [0.4, 0.5) is 11.4 Å². The van der Waals surface area contributed by atoms with Crippen LogP contribution in [-0.4, -0.2) is 15.0 Å². The van der Waals surface area contributed by atoms with Crippen LogP contribution >= 0.6 is 0 Å². The molecule has 2 heterocycles. The quantitative estimate of drug-likeness (QED) is 0.612. The number of H-pyrrole nitrogens is 1. The molecule has 0 fully saturated rings. The average Bonchev–Trinajstić information content (AvgIpc) is 2.92. The third kappa shape index (κ3) is 1.86. The zero-order valence-electron chi connectivity index (χ0n) is 9.72. The summed E-state index contributed by atoms with van der Waals surface area (Å²) in [6.45, 7) is 0.640. The second-order valence-electron chi connectivity index (χ2n) is 3.99. The average molecular weight is 239 g/mol. The molecule has 3 rings (SSSR count). The number of nitrogens with one attached hydrogen (secondary N) is 2. The molecule has 0 aliphatic carbocycles. The monoisotopic (exact) mass is 239 g/mol. The Balaban J connectivity index is 1.94. The molecule has 0 aliphatic rings. The minimum absolute atomic E-state index is 0.640. The minimum atomic E-state index is 0.640. The Morgan fingerprint density at radius 2 is 2.11 bits per heavy atom. The maximum Gasteiger partial charge on any atom is 0.125 e. The predicted molar refractivity (Wildman–Crippen MR) is 72.1 cm³/mol. The van der Waals surface area contributed by atoms with E-state index in [-0.39, 0.29) is 0 Å². The van der Waals surface area contributed by atoms with E-state index in [1.807, 2.05) is 24.3 Å². The van der Waals surface area contributed by atoms with Gasteiger partial charge in [0.2, 0.25) is 0 Å². The molecule has 0 spiro atoms. The number of hydrogen-bond donors (Lipinski definition) is 3. The summed E-state index contributed by atoms with van der Waals surface area (Å²) in [4.78, 5) is 11.5. The van der Waals surface area contributed by atoms with E-state index < -0.39 is 0 Å². The molecule has 2 aromatic heterocycles. The molecule has 5 nitrogen and oxygen atoms in total. The normalized spacial score (nSPS) is 10.7. The lowest BCUT2D eigenvalue weighted by Crippen LogP contribution is -2.02. The van der Waals surface area contributed by atoms with Gasteiger partial charge in [0.25, 0.3) is 0 Å². The van der Waals surface area contributed by atoms with Gasteiger partial charge in [0, 0.05) is 29.7 Å². The smallest absolute Gasteiger partial charge is 0.125 e. The molecule has 0 saturated heterocycles. The lowest BCUT2D eigenvalue weighted by molar-refractivity contribution is 1.00. The van der Waals surface area contributed by atoms with Crippen molar-refractivity contribution in [3.8, 4) is 0 Å². The number of nitrogens with two attached hydrogens (primary N) is 1. The Morgan fingerprint density at radius 3 is 2.94 bits per heavy atom. The highest BCUT2D eigenvalue weighted by Gasteiger charge is 2.04. The lowest BCUT2D eigenvalue weighted by Gasteiger charge is -2.09. The number of nitrogens with zero attached hydrogens (tertiary/aromatic N) is 2. The fourth-order valence-electron chi connectivity index (χ4n) is 1.92. The fourth-order valence-corrected chi connectivity index (χ4v) is 1.92. The van der Waals surface area contributed by atoms with Gasteiger partial charge in [0.15, 0.2) is 0 Å². The van der Waals surface area contributed by atoms with Crippen molar-refractivity contribution in [3.05, 3.63) is 48.7 Å². The first-order valence-electron chi connectivity index (χ1n) is 5.70. The molecule has 90 valence electrons. The number of fused-ring (bicyclic) bond motifs is 1. The van der Waals surface area contributed by atoms with Gasteiger partial charge in [0.05, 0.1) is 17.7 Å². The van der Waals surface area contributed by atoms with Crippen molar-refractivity contribution >= 4 is 22.3 Å². The molecular weight excluding hydrogens is 226 g/mol. The van der Waals surface area contributed by atoms with Gasteiger partial charge >= 0.3 is 0 Å². The molecule has 3 aromatic rings. The first-order chi connectivity index (χ1) is 8.84. The van der Waals surface area contributed by atoms with E-state index in [9.17, 15) is 0 Å². The zero-order chi connectivity index (χ0) is 12.4. The molecule has 0 radical (unpaired) electrons. The van der Waals surface area contributed by atoms with E-state index >= 15 is 0 Å². The van der Waals surface area contributed by atoms with Crippen LogP contribution in [0.15, 0.2) is 42.9 Å². The summed E-state index contributed by atoms with van der Waals surface area (Å²) in [7, 11) is 0. The Bertz CT molecular complexity index is 660. The van der Waals surface area contributed by atoms with Crippen molar-refractivity contribution in [2.24, 2.45) is 0 Å². The van der Waals surface area contributed by atoms with Crippen molar-refractivity contribution in [1.29, 1.82) is 0 Å². The molecule has 0 atom stereocenters. The fraction of sp³-hybridized carbons (Fsp3) is 0.0769. The standard InChI is InChI=1S/C13H13N5/c14-10-3-4-11(9-2-1-5-17-13(9)10)18-8-12-15-6-7-16-12/h1-7,18H,8,14H2,(H,15,16). The van der Waals surface area contributed by atoms with Gasteiger partial charge in [-0.25, -0.2) is 4.98 Å². The van der Waals surface area contributed by atoms with Crippen LogP contribution in [0.3, 0.4) is 0 Å². The molecule has 0 aliphatic heterocycles. The number of pyridine rings is 1. The summed E-state index contributed by atoms with van der Waals surface area (Å²) in [6.07, 6.45) is 5.29. The number of aromatic nitrogens is 3. The van der Waals surface area contributed by atoms with Crippen LogP contribution in [0.5, 0.6) is 0 Å². The number of aromatic amines is 1. The molecule has 0 bridgehead atoms. The van der Waals surface area contributed by atoms with Crippen molar-refractivity contribution in [3.63, 3.8) is 0 Å². The Hall–Kier alpha value is -2.56. The van der Waals surface area contributed by atoms with Gasteiger partial charge in [-0.05, 0) is 24.3 Å². The van der Waals surface area contributed by atoms with Crippen molar-refractivity contribution in [1.82, 2.24) is 15.0 Å². The number of benzene rings is 1. The second kappa shape index (κ2) is 4.37. The highest BCUT2D eigenvalue weighted by Crippen LogP contribution is 2.26. The lowest BCUT2D eigenvalue weighted by atomic mass is 10.1. The van der Waals surface area contributed by atoms with E-state index in [1.54, 1.807) is 18.6 Å². The second-order valence-corrected chi connectivity index (χ2v) is 3.99. The molecule has 1 aromatic carbocycles. The summed E-state index contributed by atoms with van der Waals surface area (Å²) in [5.41, 5.74) is 8.42. The third-order valence-corrected chi connectivity index (χ3v) is 2.80. The highest BCUT2D eigenvalue weighted by molar-refractivity contribution is 5.98. The maximum absolute atomic E-state index is 5.91. The van der Waals surface area contributed by atoms with Gasteiger partial charge in [-0.1, -0.05) is 0 Å². The largest absolute Gasteiger partial charge is 0.397 e. The van der Waals surface area contributed by atoms with Crippen LogP contribution in [0.2, 0.25) is 0 Å². The predicted octanol–water partition coefficient (Wildman–Crippen LogP) is 2.15. The van der Waals surface area contributed by atoms with Crippen molar-refractivity contribution in [2.75, 3.05) is 11.1 Å². The summed E-state index contributed by atoms with van der Waals surface area (Å²) in [5, 5.41) is 4.35. The Labute approximate surface area is 104 Å². The van der Waals surface area contributed by atoms with E-state index in [4.69, 9.17) is 5.73 Å². The summed E-state index contributed by atoms with van der Waals surface area (Å²) < 4.78 is 0. The minimum Gasteiger partial charge on any atom is -0.397 e. The summed E-state index contributed by atoms with van der Waals surface area (Å²) >= 11 is 0. The zero-order valence-corrected chi connectivity index (χ0v) is 9.72. The summed E-state index contributed by atoms with van der Waals surface area (Å²) in [6, 6.07) is 7.73. The third-order valence-electron chi connectivity index (χ3n) is 2.80.